The van der Waals surface area contributed by atoms with E-state index in [4.69, 9.17) is 4.74 Å². The molecule has 3 N–H and O–H groups in total. The summed E-state index contributed by atoms with van der Waals surface area (Å²) in [5.74, 6) is -0.624. The van der Waals surface area contributed by atoms with Gasteiger partial charge in [-0.3, -0.25) is 9.59 Å². The van der Waals surface area contributed by atoms with Crippen molar-refractivity contribution in [3.05, 3.63) is 72.9 Å². The van der Waals surface area contributed by atoms with Crippen molar-refractivity contribution in [3.8, 4) is 0 Å². The van der Waals surface area contributed by atoms with E-state index in [1.54, 1.807) is 6.08 Å². The molecule has 0 aromatic carbocycles. The van der Waals surface area contributed by atoms with Crippen LogP contribution in [0.4, 0.5) is 0 Å². The first-order chi connectivity index (χ1) is 31.5. The van der Waals surface area contributed by atoms with E-state index >= 15 is 0 Å². The number of aliphatic hydroxyl groups excluding tert-OH is 2. The highest BCUT2D eigenvalue weighted by molar-refractivity contribution is 5.78. The molecule has 3 unspecified atom stereocenters. The monoisotopic (exact) mass is 894 g/mol. The lowest BCUT2D eigenvalue weighted by atomic mass is 10.0. The molecule has 0 saturated heterocycles. The number of rotatable bonds is 48. The summed E-state index contributed by atoms with van der Waals surface area (Å²) < 4.78 is 5.84. The fourth-order valence-corrected chi connectivity index (χ4v) is 7.96. The van der Waals surface area contributed by atoms with E-state index in [2.05, 4.69) is 86.8 Å². The van der Waals surface area contributed by atoms with Crippen LogP contribution >= 0.6 is 0 Å². The number of aliphatic hydroxyl groups is 2. The number of nitrogens with one attached hydrogen (secondary N) is 1. The topological polar surface area (TPSA) is 95.9 Å². The Balaban J connectivity index is 4.72. The van der Waals surface area contributed by atoms with Gasteiger partial charge in [0.15, 0.2) is 0 Å². The summed E-state index contributed by atoms with van der Waals surface area (Å²) >= 11 is 0. The van der Waals surface area contributed by atoms with Crippen molar-refractivity contribution < 1.29 is 24.5 Å². The Hall–Kier alpha value is -2.70. The van der Waals surface area contributed by atoms with Gasteiger partial charge < -0.3 is 20.3 Å². The molecule has 3 atom stereocenters. The quantitative estimate of drug-likeness (QED) is 0.0321. The first-order valence-corrected chi connectivity index (χ1v) is 27.2. The molecule has 0 aromatic heterocycles. The number of ether oxygens (including phenoxy) is 1. The van der Waals surface area contributed by atoms with Gasteiger partial charge >= 0.3 is 5.97 Å². The van der Waals surface area contributed by atoms with E-state index in [0.29, 0.717) is 19.3 Å². The van der Waals surface area contributed by atoms with Crippen molar-refractivity contribution in [2.24, 2.45) is 0 Å². The summed E-state index contributed by atoms with van der Waals surface area (Å²) in [6.07, 6.45) is 65.7. The smallest absolute Gasteiger partial charge is 0.306 e. The molecule has 1 amide bonds. The van der Waals surface area contributed by atoms with Crippen LogP contribution in [0.5, 0.6) is 0 Å². The Bertz CT molecular complexity index is 1190. The molecular formula is C58H103NO5. The molecular weight excluding hydrogens is 791 g/mol. The standard InChI is InChI=1S/C58H103NO5/c1-4-7-10-13-16-19-22-24-26-28-30-32-35-37-40-43-46-49-54(52-57(62)59-55(53-60)56(61)50-47-44-41-38-34-21-18-15-12-9-6-3)64-58(63)51-48-45-42-39-36-33-31-29-27-25-23-20-17-14-11-8-5-2/h7,10,16,19,24,26,30,32,37,40,46,49,54-56,60-61H,4-6,8-9,11-15,17-18,20-23,25,27-29,31,33-36,38-39,41-45,47-48,50-53H2,1-3H3,(H,59,62)/b10-7-,19-16-,26-24-,32-30-,40-37-,49-46-. The average Bonchev–Trinajstić information content (AvgIpc) is 3.29. The minimum Gasteiger partial charge on any atom is -0.458 e. The molecule has 0 saturated carbocycles. The summed E-state index contributed by atoms with van der Waals surface area (Å²) in [7, 11) is 0. The molecule has 64 heavy (non-hydrogen) atoms. The third-order valence-electron chi connectivity index (χ3n) is 12.0. The number of carbonyl (C=O) groups excluding carboxylic acids is 2. The van der Waals surface area contributed by atoms with Crippen molar-refractivity contribution in [2.45, 2.75) is 277 Å². The van der Waals surface area contributed by atoms with Gasteiger partial charge in [0.1, 0.15) is 6.10 Å². The second-order valence-electron chi connectivity index (χ2n) is 18.3. The molecule has 370 valence electrons. The van der Waals surface area contributed by atoms with E-state index in [9.17, 15) is 19.8 Å². The van der Waals surface area contributed by atoms with Crippen LogP contribution in [0.3, 0.4) is 0 Å². The van der Waals surface area contributed by atoms with Gasteiger partial charge in [0, 0.05) is 6.42 Å². The maximum Gasteiger partial charge on any atom is 0.306 e. The molecule has 0 aliphatic carbocycles. The molecule has 6 heteroatoms. The molecule has 0 rings (SSSR count). The van der Waals surface area contributed by atoms with Crippen molar-refractivity contribution >= 4 is 11.9 Å². The number of hydrogen-bond donors (Lipinski definition) is 3. The van der Waals surface area contributed by atoms with Crippen LogP contribution in [-0.2, 0) is 14.3 Å². The fraction of sp³-hybridized carbons (Fsp3) is 0.759. The average molecular weight is 894 g/mol. The van der Waals surface area contributed by atoms with Crippen LogP contribution in [0.2, 0.25) is 0 Å². The molecule has 0 heterocycles. The summed E-state index contributed by atoms with van der Waals surface area (Å²) in [5.41, 5.74) is 0. The highest BCUT2D eigenvalue weighted by Gasteiger charge is 2.23. The number of unbranched alkanes of at least 4 members (excludes halogenated alkanes) is 26. The lowest BCUT2D eigenvalue weighted by molar-refractivity contribution is -0.148. The van der Waals surface area contributed by atoms with Gasteiger partial charge in [-0.25, -0.2) is 0 Å². The number of carbonyl (C=O) groups is 2. The maximum absolute atomic E-state index is 13.2. The first kappa shape index (κ1) is 61.3. The number of allylic oxidation sites excluding steroid dienone is 11. The van der Waals surface area contributed by atoms with E-state index < -0.39 is 18.2 Å². The zero-order chi connectivity index (χ0) is 46.7. The Kier molecular flexibility index (Phi) is 49.1. The molecule has 0 spiro atoms. The zero-order valence-corrected chi connectivity index (χ0v) is 42.1. The SMILES string of the molecule is CC/C=C\C/C=C\C/C=C\C/C=C\C/C=C\C/C=C\C(CC(=O)NC(CO)C(O)CCCCCCCCCCCCC)OC(=O)CCCCCCCCCCCCCCCCCCC. The third-order valence-corrected chi connectivity index (χ3v) is 12.0. The number of amides is 1. The molecule has 0 fully saturated rings. The number of esters is 1. The normalized spacial score (nSPS) is 13.8. The van der Waals surface area contributed by atoms with Crippen molar-refractivity contribution in [1.82, 2.24) is 5.32 Å². The summed E-state index contributed by atoms with van der Waals surface area (Å²) in [4.78, 5) is 26.1. The Morgan fingerprint density at radius 1 is 0.469 bits per heavy atom. The van der Waals surface area contributed by atoms with Crippen LogP contribution in [0.1, 0.15) is 258 Å². The Morgan fingerprint density at radius 3 is 1.19 bits per heavy atom. The highest BCUT2D eigenvalue weighted by Crippen LogP contribution is 2.17. The van der Waals surface area contributed by atoms with Gasteiger partial charge in [0.25, 0.3) is 0 Å². The van der Waals surface area contributed by atoms with E-state index in [1.165, 1.54) is 141 Å². The largest absolute Gasteiger partial charge is 0.458 e. The second-order valence-corrected chi connectivity index (χ2v) is 18.3. The fourth-order valence-electron chi connectivity index (χ4n) is 7.96. The summed E-state index contributed by atoms with van der Waals surface area (Å²) in [6, 6.07) is -0.743. The minimum absolute atomic E-state index is 0.0470. The third kappa shape index (κ3) is 45.9. The van der Waals surface area contributed by atoms with Gasteiger partial charge in [-0.05, 0) is 57.4 Å². The van der Waals surface area contributed by atoms with E-state index in [0.717, 1.165) is 70.6 Å². The predicted molar refractivity (Wildman–Crippen MR) is 278 cm³/mol. The van der Waals surface area contributed by atoms with Gasteiger partial charge in [0.05, 0.1) is 25.2 Å². The lowest BCUT2D eigenvalue weighted by Crippen LogP contribution is -2.46. The highest BCUT2D eigenvalue weighted by atomic mass is 16.5. The number of hydrogen-bond acceptors (Lipinski definition) is 5. The summed E-state index contributed by atoms with van der Waals surface area (Å²) in [6.45, 7) is 6.34. The van der Waals surface area contributed by atoms with Crippen LogP contribution in [0, 0.1) is 0 Å². The molecule has 0 aliphatic heterocycles. The van der Waals surface area contributed by atoms with Crippen molar-refractivity contribution in [2.75, 3.05) is 6.61 Å². The van der Waals surface area contributed by atoms with Crippen LogP contribution in [0.15, 0.2) is 72.9 Å². The lowest BCUT2D eigenvalue weighted by Gasteiger charge is -2.23. The van der Waals surface area contributed by atoms with Crippen LogP contribution in [0.25, 0.3) is 0 Å². The molecule has 6 nitrogen and oxygen atoms in total. The molecule has 0 aliphatic rings. The Labute approximate surface area is 396 Å². The molecule has 0 aromatic rings. The Morgan fingerprint density at radius 2 is 0.812 bits per heavy atom. The van der Waals surface area contributed by atoms with Gasteiger partial charge in [-0.2, -0.15) is 0 Å². The van der Waals surface area contributed by atoms with Crippen molar-refractivity contribution in [3.63, 3.8) is 0 Å². The van der Waals surface area contributed by atoms with E-state index in [1.807, 2.05) is 6.08 Å². The van der Waals surface area contributed by atoms with Crippen LogP contribution in [-0.4, -0.2) is 46.9 Å². The van der Waals surface area contributed by atoms with Crippen molar-refractivity contribution in [1.29, 1.82) is 0 Å². The minimum atomic E-state index is -0.820. The van der Waals surface area contributed by atoms with E-state index in [-0.39, 0.29) is 24.9 Å². The first-order valence-electron chi connectivity index (χ1n) is 27.2. The van der Waals surface area contributed by atoms with Crippen LogP contribution < -0.4 is 5.32 Å². The second kappa shape index (κ2) is 51.3. The maximum atomic E-state index is 13.2. The van der Waals surface area contributed by atoms with Gasteiger partial charge in [0.2, 0.25) is 5.91 Å². The molecule has 0 radical (unpaired) electrons. The zero-order valence-electron chi connectivity index (χ0n) is 42.1. The summed E-state index contributed by atoms with van der Waals surface area (Å²) in [5, 5.41) is 23.7. The molecule has 0 bridgehead atoms. The van der Waals surface area contributed by atoms with Gasteiger partial charge in [-0.1, -0.05) is 261 Å². The van der Waals surface area contributed by atoms with Gasteiger partial charge in [-0.15, -0.1) is 0 Å². The predicted octanol–water partition coefficient (Wildman–Crippen LogP) is 16.6.